The second-order valence-corrected chi connectivity index (χ2v) is 8.70. The van der Waals surface area contributed by atoms with E-state index in [9.17, 15) is 0 Å². The fraction of sp³-hybridized carbons (Fsp3) is 0.647. The van der Waals surface area contributed by atoms with Gasteiger partial charge in [-0.05, 0) is 26.0 Å². The van der Waals surface area contributed by atoms with Crippen molar-refractivity contribution in [2.24, 2.45) is 5.73 Å². The van der Waals surface area contributed by atoms with E-state index in [-0.39, 0.29) is 6.10 Å². The standard InChI is InChI=1S/C17H32N2O3Si/c1-6-13-23(20-5,21-15(3)4)22-17(18,19-7-2)14-16-11-9-8-10-12-16/h8-12,15,19H,6-7,13-14,18H2,1-5H3. The molecule has 132 valence electrons. The van der Waals surface area contributed by atoms with Crippen molar-refractivity contribution in [3.8, 4) is 0 Å². The Kier molecular flexibility index (Phi) is 8.39. The summed E-state index contributed by atoms with van der Waals surface area (Å²) >= 11 is 0. The van der Waals surface area contributed by atoms with Gasteiger partial charge in [-0.15, -0.1) is 0 Å². The molecule has 0 aliphatic carbocycles. The van der Waals surface area contributed by atoms with Crippen molar-refractivity contribution in [1.82, 2.24) is 5.32 Å². The number of nitrogens with two attached hydrogens (primary N) is 1. The summed E-state index contributed by atoms with van der Waals surface area (Å²) in [5, 5.41) is 3.26. The Labute approximate surface area is 141 Å². The van der Waals surface area contributed by atoms with Gasteiger partial charge in [0.05, 0.1) is 0 Å². The second kappa shape index (κ2) is 9.51. The topological polar surface area (TPSA) is 65.7 Å². The zero-order chi connectivity index (χ0) is 17.3. The highest BCUT2D eigenvalue weighted by Crippen LogP contribution is 2.24. The van der Waals surface area contributed by atoms with Gasteiger partial charge in [0.25, 0.3) is 0 Å². The molecule has 0 saturated carbocycles. The first-order valence-electron chi connectivity index (χ1n) is 8.39. The molecule has 0 radical (unpaired) electrons. The summed E-state index contributed by atoms with van der Waals surface area (Å²) in [6.07, 6.45) is 1.49. The molecule has 1 aromatic rings. The third-order valence-electron chi connectivity index (χ3n) is 3.41. The van der Waals surface area contributed by atoms with Gasteiger partial charge in [0.1, 0.15) is 0 Å². The lowest BCUT2D eigenvalue weighted by Gasteiger charge is -2.39. The van der Waals surface area contributed by atoms with Gasteiger partial charge in [-0.25, -0.2) is 0 Å². The summed E-state index contributed by atoms with van der Waals surface area (Å²) < 4.78 is 18.2. The first kappa shape index (κ1) is 20.3. The molecule has 0 aliphatic rings. The van der Waals surface area contributed by atoms with E-state index in [1.165, 1.54) is 0 Å². The molecule has 0 aliphatic heterocycles. The molecule has 0 amide bonds. The largest absolute Gasteiger partial charge is 0.503 e. The van der Waals surface area contributed by atoms with Crippen LogP contribution in [-0.4, -0.2) is 34.4 Å². The van der Waals surface area contributed by atoms with Crippen LogP contribution in [0.15, 0.2) is 30.3 Å². The Bertz CT molecular complexity index is 447. The van der Waals surface area contributed by atoms with E-state index in [2.05, 4.69) is 12.2 Å². The van der Waals surface area contributed by atoms with Gasteiger partial charge in [0.2, 0.25) is 0 Å². The molecule has 0 bridgehead atoms. The molecule has 2 atom stereocenters. The highest BCUT2D eigenvalue weighted by Gasteiger charge is 2.46. The van der Waals surface area contributed by atoms with Crippen LogP contribution in [0.3, 0.4) is 0 Å². The molecule has 1 rings (SSSR count). The number of nitrogens with one attached hydrogen (secondary N) is 1. The molecule has 1 aromatic carbocycles. The zero-order valence-corrected chi connectivity index (χ0v) is 16.1. The van der Waals surface area contributed by atoms with E-state index in [1.54, 1.807) is 7.11 Å². The number of rotatable bonds is 11. The molecular formula is C17H32N2O3Si. The maximum absolute atomic E-state index is 6.55. The Balaban J connectivity index is 3.00. The molecule has 5 nitrogen and oxygen atoms in total. The van der Waals surface area contributed by atoms with Gasteiger partial charge in [0, 0.05) is 25.7 Å². The smallest absolute Gasteiger partial charge is 0.377 e. The van der Waals surface area contributed by atoms with Crippen LogP contribution in [0.25, 0.3) is 0 Å². The maximum atomic E-state index is 6.55. The predicted octanol–water partition coefficient (Wildman–Crippen LogP) is 2.89. The summed E-state index contributed by atoms with van der Waals surface area (Å²) in [6.45, 7) is 8.78. The third kappa shape index (κ3) is 6.70. The second-order valence-electron chi connectivity index (χ2n) is 5.99. The number of benzene rings is 1. The van der Waals surface area contributed by atoms with E-state index < -0.39 is 14.7 Å². The normalized spacial score (nSPS) is 17.0. The minimum Gasteiger partial charge on any atom is -0.377 e. The monoisotopic (exact) mass is 340 g/mol. The van der Waals surface area contributed by atoms with Gasteiger partial charge in [-0.2, -0.15) is 0 Å². The first-order chi connectivity index (χ1) is 10.9. The minimum atomic E-state index is -2.85. The number of likely N-dealkylation sites (N-methyl/N-ethyl adjacent to an activating group) is 1. The fourth-order valence-corrected chi connectivity index (χ4v) is 5.28. The molecular weight excluding hydrogens is 308 g/mol. The van der Waals surface area contributed by atoms with Crippen molar-refractivity contribution in [3.63, 3.8) is 0 Å². The lowest BCUT2D eigenvalue weighted by Crippen LogP contribution is -2.65. The van der Waals surface area contributed by atoms with Crippen LogP contribution in [0, 0.1) is 0 Å². The van der Waals surface area contributed by atoms with E-state index in [0.717, 1.165) is 18.0 Å². The molecule has 23 heavy (non-hydrogen) atoms. The average molecular weight is 341 g/mol. The predicted molar refractivity (Wildman–Crippen MR) is 95.9 cm³/mol. The summed E-state index contributed by atoms with van der Waals surface area (Å²) in [5.41, 5.74) is 7.66. The van der Waals surface area contributed by atoms with Crippen molar-refractivity contribution in [1.29, 1.82) is 0 Å². The van der Waals surface area contributed by atoms with E-state index in [4.69, 9.17) is 19.0 Å². The molecule has 3 N–H and O–H groups in total. The molecule has 0 fully saturated rings. The van der Waals surface area contributed by atoms with E-state index in [1.807, 2.05) is 51.1 Å². The first-order valence-corrected chi connectivity index (χ1v) is 10.3. The van der Waals surface area contributed by atoms with Crippen molar-refractivity contribution in [2.45, 2.75) is 58.5 Å². The van der Waals surface area contributed by atoms with Crippen molar-refractivity contribution < 1.29 is 13.3 Å². The summed E-state index contributed by atoms with van der Waals surface area (Å²) in [4.78, 5) is 0. The Morgan fingerprint density at radius 3 is 2.35 bits per heavy atom. The van der Waals surface area contributed by atoms with Gasteiger partial charge in [0.15, 0.2) is 5.85 Å². The van der Waals surface area contributed by atoms with Crippen molar-refractivity contribution in [3.05, 3.63) is 35.9 Å². The SMILES string of the molecule is CCC[Si](OC)(OC(C)C)OC(N)(Cc1ccccc1)NCC. The summed E-state index contributed by atoms with van der Waals surface area (Å²) in [6, 6.07) is 10.8. The minimum absolute atomic E-state index is 0.0239. The van der Waals surface area contributed by atoms with Crippen LogP contribution >= 0.6 is 0 Å². The van der Waals surface area contributed by atoms with Crippen LogP contribution in [-0.2, 0) is 19.7 Å². The van der Waals surface area contributed by atoms with Gasteiger partial charge >= 0.3 is 8.80 Å². The lowest BCUT2D eigenvalue weighted by molar-refractivity contribution is -0.0506. The van der Waals surface area contributed by atoms with Crippen LogP contribution in [0.5, 0.6) is 0 Å². The molecule has 0 heterocycles. The molecule has 0 aromatic heterocycles. The molecule has 6 heteroatoms. The summed E-state index contributed by atoms with van der Waals surface area (Å²) in [7, 11) is -1.19. The van der Waals surface area contributed by atoms with Gasteiger partial charge < -0.3 is 13.3 Å². The van der Waals surface area contributed by atoms with E-state index >= 15 is 0 Å². The highest BCUT2D eigenvalue weighted by atomic mass is 28.4. The van der Waals surface area contributed by atoms with Crippen molar-refractivity contribution in [2.75, 3.05) is 13.7 Å². The third-order valence-corrected chi connectivity index (χ3v) is 6.65. The maximum Gasteiger partial charge on any atom is 0.503 e. The molecule has 2 unspecified atom stereocenters. The average Bonchev–Trinajstić information content (AvgIpc) is 2.47. The van der Waals surface area contributed by atoms with Crippen LogP contribution in [0.4, 0.5) is 0 Å². The van der Waals surface area contributed by atoms with Crippen LogP contribution in [0.1, 0.15) is 39.7 Å². The summed E-state index contributed by atoms with van der Waals surface area (Å²) in [5.74, 6) is -1.01. The highest BCUT2D eigenvalue weighted by molar-refractivity contribution is 6.60. The fourth-order valence-electron chi connectivity index (χ4n) is 2.60. The van der Waals surface area contributed by atoms with Crippen LogP contribution in [0.2, 0.25) is 6.04 Å². The van der Waals surface area contributed by atoms with Gasteiger partial charge in [-0.3, -0.25) is 11.1 Å². The Morgan fingerprint density at radius 2 is 1.87 bits per heavy atom. The van der Waals surface area contributed by atoms with E-state index in [0.29, 0.717) is 13.0 Å². The zero-order valence-electron chi connectivity index (χ0n) is 15.1. The number of hydrogen-bond acceptors (Lipinski definition) is 5. The molecule has 0 spiro atoms. The quantitative estimate of drug-likeness (QED) is 0.479. The van der Waals surface area contributed by atoms with Crippen molar-refractivity contribution >= 4 is 8.80 Å². The number of hydrogen-bond donors (Lipinski definition) is 2. The van der Waals surface area contributed by atoms with Gasteiger partial charge in [-0.1, -0.05) is 50.6 Å². The Hall–Kier alpha value is -0.763. The molecule has 0 saturated heterocycles. The lowest BCUT2D eigenvalue weighted by atomic mass is 10.1. The Morgan fingerprint density at radius 1 is 1.22 bits per heavy atom. The van der Waals surface area contributed by atoms with Crippen LogP contribution < -0.4 is 11.1 Å².